The van der Waals surface area contributed by atoms with Crippen molar-refractivity contribution in [1.29, 1.82) is 0 Å². The molecule has 3 N–H and O–H groups in total. The number of hydrogen-bond donors (Lipinski definition) is 3. The summed E-state index contributed by atoms with van der Waals surface area (Å²) in [5, 5.41) is 9.43. The van der Waals surface area contributed by atoms with Gasteiger partial charge in [-0.15, -0.1) is 0 Å². The van der Waals surface area contributed by atoms with Crippen molar-refractivity contribution < 1.29 is 33.5 Å². The molecule has 12 nitrogen and oxygen atoms in total. The first-order valence-electron chi connectivity index (χ1n) is 17.0. The van der Waals surface area contributed by atoms with Crippen LogP contribution in [-0.2, 0) is 40.0 Å². The summed E-state index contributed by atoms with van der Waals surface area (Å²) in [6.07, 6.45) is 7.42. The summed E-state index contributed by atoms with van der Waals surface area (Å²) in [4.78, 5) is 81.9. The number of carbonyl (C=O) groups excluding carboxylic acids is 6. The molecule has 256 valence electrons. The number of methoxy groups -OCH3 is 1. The summed E-state index contributed by atoms with van der Waals surface area (Å²) < 4.78 is 6.55. The molecule has 5 atom stereocenters. The lowest BCUT2D eigenvalue weighted by molar-refractivity contribution is -0.147. The van der Waals surface area contributed by atoms with E-state index in [1.54, 1.807) is 27.8 Å². The summed E-state index contributed by atoms with van der Waals surface area (Å²) >= 11 is 0. The molecule has 2 aliphatic rings. The number of carbonyl (C=O) groups is 6. The molecule has 1 aromatic heterocycles. The molecule has 0 radical (unpaired) electrons. The van der Waals surface area contributed by atoms with Gasteiger partial charge in [0, 0.05) is 42.0 Å². The number of aromatic nitrogens is 1. The Morgan fingerprint density at radius 2 is 1.72 bits per heavy atom. The number of unbranched alkanes of at least 4 members (excludes halogenated alkanes) is 2. The topological polar surface area (TPSA) is 156 Å². The Bertz CT molecular complexity index is 1470. The minimum Gasteiger partial charge on any atom is -0.468 e. The molecule has 2 aliphatic heterocycles. The van der Waals surface area contributed by atoms with E-state index in [1.807, 2.05) is 32.9 Å². The van der Waals surface area contributed by atoms with Crippen LogP contribution < -0.4 is 16.0 Å². The number of nitrogens with zero attached hydrogens (tertiary/aromatic N) is 2. The maximum absolute atomic E-state index is 14.3. The van der Waals surface area contributed by atoms with Crippen LogP contribution in [0.3, 0.4) is 0 Å². The van der Waals surface area contributed by atoms with Crippen molar-refractivity contribution in [2.75, 3.05) is 13.7 Å². The molecule has 2 fully saturated rings. The molecule has 47 heavy (non-hydrogen) atoms. The van der Waals surface area contributed by atoms with Gasteiger partial charge in [-0.1, -0.05) is 58.2 Å². The zero-order chi connectivity index (χ0) is 34.1. The second-order valence-corrected chi connectivity index (χ2v) is 12.7. The SMILES string of the molecule is CCC(=O)CCCCC[C@@H]1NC(=O)[C@H]2CCCCN2C(=O)C(C(C)CC)NC(=O)[C@H](c2cn(CC(=O)OC)c3ccccc23)NC1=O. The number of esters is 1. The monoisotopic (exact) mass is 651 g/mol. The van der Waals surface area contributed by atoms with Crippen molar-refractivity contribution in [3.05, 3.63) is 36.0 Å². The van der Waals surface area contributed by atoms with Crippen molar-refractivity contribution >= 4 is 46.3 Å². The molecule has 4 rings (SSSR count). The fraction of sp³-hybridized carbons (Fsp3) is 0.600. The molecular weight excluding hydrogens is 602 g/mol. The standard InChI is InChI=1S/C35H49N5O7/c1-5-22(3)30-35(46)40-19-13-12-18-28(40)33(44)36-26(16-9-7-8-14-23(41)6-2)32(43)38-31(34(45)37-30)25-20-39(21-29(42)47-4)27-17-11-10-15-24(25)27/h10-11,15,17,20,22,26,28,30-31H,5-9,12-14,16,18-19,21H2,1-4H3,(H,36,44)(H,37,45)(H,38,43)/t22?,26-,28+,30?,31-/m0/s1. The first kappa shape index (κ1) is 35.6. The average molecular weight is 652 g/mol. The summed E-state index contributed by atoms with van der Waals surface area (Å²) in [7, 11) is 1.30. The maximum Gasteiger partial charge on any atom is 0.325 e. The number of fused-ring (bicyclic) bond motifs is 2. The van der Waals surface area contributed by atoms with E-state index < -0.39 is 42.0 Å². The second kappa shape index (κ2) is 16.6. The molecule has 2 unspecified atom stereocenters. The van der Waals surface area contributed by atoms with E-state index in [0.717, 1.165) is 12.8 Å². The highest BCUT2D eigenvalue weighted by Crippen LogP contribution is 2.29. The molecule has 12 heteroatoms. The van der Waals surface area contributed by atoms with Crippen LogP contribution in [0.4, 0.5) is 0 Å². The number of benzene rings is 1. The van der Waals surface area contributed by atoms with Crippen LogP contribution in [0.1, 0.15) is 96.6 Å². The predicted molar refractivity (Wildman–Crippen MR) is 176 cm³/mol. The molecule has 3 heterocycles. The number of Topliss-reactive ketones (excluding diaryl/α,β-unsaturated/α-hetero) is 1. The minimum atomic E-state index is -1.23. The van der Waals surface area contributed by atoms with Crippen molar-refractivity contribution in [1.82, 2.24) is 25.4 Å². The Morgan fingerprint density at radius 3 is 2.45 bits per heavy atom. The maximum atomic E-state index is 14.3. The molecule has 0 saturated carbocycles. The van der Waals surface area contributed by atoms with Crippen molar-refractivity contribution in [2.24, 2.45) is 5.92 Å². The Balaban J connectivity index is 1.75. The van der Waals surface area contributed by atoms with Gasteiger partial charge in [0.15, 0.2) is 0 Å². The average Bonchev–Trinajstić information content (AvgIpc) is 3.44. The van der Waals surface area contributed by atoms with E-state index in [1.165, 1.54) is 7.11 Å². The quantitative estimate of drug-likeness (QED) is 0.235. The molecule has 0 spiro atoms. The fourth-order valence-corrected chi connectivity index (χ4v) is 6.49. The van der Waals surface area contributed by atoms with E-state index >= 15 is 0 Å². The minimum absolute atomic E-state index is 0.108. The number of rotatable bonds is 12. The van der Waals surface area contributed by atoms with Gasteiger partial charge >= 0.3 is 5.97 Å². The highest BCUT2D eigenvalue weighted by atomic mass is 16.5. The molecule has 0 bridgehead atoms. The predicted octanol–water partition coefficient (Wildman–Crippen LogP) is 3.31. The molecule has 2 aromatic rings. The largest absolute Gasteiger partial charge is 0.468 e. The van der Waals surface area contributed by atoms with E-state index in [9.17, 15) is 28.8 Å². The van der Waals surface area contributed by atoms with Gasteiger partial charge in [-0.3, -0.25) is 28.8 Å². The lowest BCUT2D eigenvalue weighted by Gasteiger charge is -2.39. The van der Waals surface area contributed by atoms with Crippen LogP contribution in [0.2, 0.25) is 0 Å². The zero-order valence-electron chi connectivity index (χ0n) is 28.0. The Hall–Kier alpha value is -4.22. The zero-order valence-corrected chi connectivity index (χ0v) is 28.0. The number of amides is 4. The summed E-state index contributed by atoms with van der Waals surface area (Å²) in [6, 6.07) is 3.37. The lowest BCUT2D eigenvalue weighted by Crippen LogP contribution is -2.62. The summed E-state index contributed by atoms with van der Waals surface area (Å²) in [6.45, 7) is 5.92. The van der Waals surface area contributed by atoms with E-state index in [0.29, 0.717) is 74.4 Å². The van der Waals surface area contributed by atoms with Crippen molar-refractivity contribution in [3.8, 4) is 0 Å². The molecule has 1 aromatic carbocycles. The van der Waals surface area contributed by atoms with Crippen LogP contribution >= 0.6 is 0 Å². The highest BCUT2D eigenvalue weighted by molar-refractivity contribution is 6.00. The number of para-hydroxylation sites is 1. The van der Waals surface area contributed by atoms with Crippen molar-refractivity contribution in [2.45, 2.75) is 116 Å². The number of nitrogens with one attached hydrogen (secondary N) is 3. The normalized spacial score (nSPS) is 23.1. The van der Waals surface area contributed by atoms with Gasteiger partial charge in [0.25, 0.3) is 0 Å². The van der Waals surface area contributed by atoms with Crippen LogP contribution in [0.5, 0.6) is 0 Å². The third kappa shape index (κ3) is 8.58. The Kier molecular flexibility index (Phi) is 12.6. The van der Waals surface area contributed by atoms with Gasteiger partial charge in [0.1, 0.15) is 36.5 Å². The molecular formula is C35H49N5O7. The number of ketones is 1. The highest BCUT2D eigenvalue weighted by Gasteiger charge is 2.41. The van der Waals surface area contributed by atoms with Crippen LogP contribution in [-0.4, -0.2) is 76.6 Å². The van der Waals surface area contributed by atoms with Crippen LogP contribution in [0.15, 0.2) is 30.5 Å². The van der Waals surface area contributed by atoms with Crippen LogP contribution in [0, 0.1) is 5.92 Å². The van der Waals surface area contributed by atoms with E-state index in [-0.39, 0.29) is 30.1 Å². The number of hydrogen-bond acceptors (Lipinski definition) is 7. The van der Waals surface area contributed by atoms with Gasteiger partial charge in [-0.25, -0.2) is 0 Å². The first-order chi connectivity index (χ1) is 22.6. The van der Waals surface area contributed by atoms with Gasteiger partial charge < -0.3 is 30.2 Å². The van der Waals surface area contributed by atoms with Gasteiger partial charge in [-0.2, -0.15) is 0 Å². The molecule has 0 aliphatic carbocycles. The summed E-state index contributed by atoms with van der Waals surface area (Å²) in [5.74, 6) is -2.34. The van der Waals surface area contributed by atoms with Crippen LogP contribution in [0.25, 0.3) is 10.9 Å². The van der Waals surface area contributed by atoms with Gasteiger partial charge in [0.05, 0.1) is 7.11 Å². The molecule has 2 saturated heterocycles. The van der Waals surface area contributed by atoms with Crippen molar-refractivity contribution in [3.63, 3.8) is 0 Å². The van der Waals surface area contributed by atoms with Gasteiger partial charge in [-0.05, 0) is 44.1 Å². The Labute approximate surface area is 276 Å². The molecule has 4 amide bonds. The summed E-state index contributed by atoms with van der Waals surface area (Å²) in [5.41, 5.74) is 1.11. The first-order valence-corrected chi connectivity index (χ1v) is 17.0. The Morgan fingerprint density at radius 1 is 0.957 bits per heavy atom. The smallest absolute Gasteiger partial charge is 0.325 e. The van der Waals surface area contributed by atoms with Gasteiger partial charge in [0.2, 0.25) is 23.6 Å². The number of piperidine rings is 1. The number of ether oxygens (including phenoxy) is 1. The third-order valence-corrected chi connectivity index (χ3v) is 9.55. The lowest BCUT2D eigenvalue weighted by atomic mass is 9.93. The fourth-order valence-electron chi connectivity index (χ4n) is 6.49. The third-order valence-electron chi connectivity index (χ3n) is 9.55. The second-order valence-electron chi connectivity index (χ2n) is 12.7. The van der Waals surface area contributed by atoms with E-state index in [4.69, 9.17) is 4.74 Å². The van der Waals surface area contributed by atoms with E-state index in [2.05, 4.69) is 16.0 Å².